The molecule has 0 atom stereocenters. The van der Waals surface area contributed by atoms with Crippen LogP contribution in [0.25, 0.3) is 0 Å². The maximum atomic E-state index is 5.70. The summed E-state index contributed by atoms with van der Waals surface area (Å²) in [5.41, 5.74) is 1.20. The summed E-state index contributed by atoms with van der Waals surface area (Å²) in [4.78, 5) is 4.09. The largest absolute Gasteiger partial charge is 0.489 e. The second-order valence-corrected chi connectivity index (χ2v) is 4.31. The molecule has 1 aliphatic rings. The molecule has 0 unspecified atom stereocenters. The minimum absolute atomic E-state index is 0.203. The number of rotatable bonds is 5. The Morgan fingerprint density at radius 1 is 1.53 bits per heavy atom. The van der Waals surface area contributed by atoms with E-state index < -0.39 is 0 Å². The quantitative estimate of drug-likeness (QED) is 0.801. The maximum Gasteiger partial charge on any atom is 0.142 e. The SMILES string of the molecule is CC(C)Oc1cnccc1CNC1CC1. The van der Waals surface area contributed by atoms with E-state index in [1.165, 1.54) is 18.4 Å². The van der Waals surface area contributed by atoms with E-state index >= 15 is 0 Å². The molecular weight excluding hydrogens is 188 g/mol. The second-order valence-electron chi connectivity index (χ2n) is 4.31. The summed E-state index contributed by atoms with van der Waals surface area (Å²) in [6.45, 7) is 4.95. The van der Waals surface area contributed by atoms with E-state index in [0.717, 1.165) is 18.3 Å². The third-order valence-electron chi connectivity index (χ3n) is 2.39. The van der Waals surface area contributed by atoms with Crippen LogP contribution in [0.3, 0.4) is 0 Å². The van der Waals surface area contributed by atoms with Gasteiger partial charge in [-0.15, -0.1) is 0 Å². The topological polar surface area (TPSA) is 34.1 Å². The van der Waals surface area contributed by atoms with Crippen molar-refractivity contribution < 1.29 is 4.74 Å². The summed E-state index contributed by atoms with van der Waals surface area (Å²) in [6, 6.07) is 2.75. The van der Waals surface area contributed by atoms with Gasteiger partial charge in [0, 0.05) is 24.3 Å². The van der Waals surface area contributed by atoms with Crippen molar-refractivity contribution in [1.29, 1.82) is 0 Å². The molecule has 0 aliphatic heterocycles. The molecular formula is C12H18N2O. The first kappa shape index (κ1) is 10.4. The van der Waals surface area contributed by atoms with Gasteiger partial charge in [-0.3, -0.25) is 4.98 Å². The molecule has 0 saturated heterocycles. The average molecular weight is 206 g/mol. The molecule has 1 aromatic rings. The zero-order valence-corrected chi connectivity index (χ0v) is 9.36. The summed E-state index contributed by atoms with van der Waals surface area (Å²) >= 11 is 0. The lowest BCUT2D eigenvalue weighted by Gasteiger charge is -2.13. The normalized spacial score (nSPS) is 15.7. The van der Waals surface area contributed by atoms with E-state index in [4.69, 9.17) is 4.74 Å². The van der Waals surface area contributed by atoms with Crippen LogP contribution >= 0.6 is 0 Å². The third-order valence-corrected chi connectivity index (χ3v) is 2.39. The number of ether oxygens (including phenoxy) is 1. The van der Waals surface area contributed by atoms with Gasteiger partial charge in [-0.2, -0.15) is 0 Å². The molecule has 0 bridgehead atoms. The standard InChI is InChI=1S/C12H18N2O/c1-9(2)15-12-8-13-6-5-10(12)7-14-11-3-4-11/h5-6,8-9,11,14H,3-4,7H2,1-2H3. The zero-order chi connectivity index (χ0) is 10.7. The molecule has 0 spiro atoms. The highest BCUT2D eigenvalue weighted by molar-refractivity contribution is 5.29. The Labute approximate surface area is 90.9 Å². The molecule has 1 saturated carbocycles. The number of hydrogen-bond donors (Lipinski definition) is 1. The fourth-order valence-corrected chi connectivity index (χ4v) is 1.46. The molecule has 1 aliphatic carbocycles. The highest BCUT2D eigenvalue weighted by Crippen LogP contribution is 2.22. The lowest BCUT2D eigenvalue weighted by molar-refractivity contribution is 0.238. The molecule has 82 valence electrons. The van der Waals surface area contributed by atoms with Crippen LogP contribution in [0, 0.1) is 0 Å². The monoisotopic (exact) mass is 206 g/mol. The van der Waals surface area contributed by atoms with Crippen LogP contribution in [0.15, 0.2) is 18.5 Å². The van der Waals surface area contributed by atoms with Crippen molar-refractivity contribution in [2.45, 2.75) is 45.4 Å². The van der Waals surface area contributed by atoms with Crippen molar-refractivity contribution in [3.63, 3.8) is 0 Å². The van der Waals surface area contributed by atoms with Crippen LogP contribution in [0.1, 0.15) is 32.3 Å². The van der Waals surface area contributed by atoms with Gasteiger partial charge in [0.2, 0.25) is 0 Å². The summed E-state index contributed by atoms with van der Waals surface area (Å²) in [6.07, 6.45) is 6.44. The number of nitrogens with zero attached hydrogens (tertiary/aromatic N) is 1. The van der Waals surface area contributed by atoms with E-state index in [1.807, 2.05) is 26.1 Å². The fraction of sp³-hybridized carbons (Fsp3) is 0.583. The molecule has 1 aromatic heterocycles. The number of hydrogen-bond acceptors (Lipinski definition) is 3. The van der Waals surface area contributed by atoms with Gasteiger partial charge < -0.3 is 10.1 Å². The Balaban J connectivity index is 1.99. The second kappa shape index (κ2) is 4.62. The average Bonchev–Trinajstić information content (AvgIpc) is 2.99. The number of aromatic nitrogens is 1. The van der Waals surface area contributed by atoms with Gasteiger partial charge in [-0.05, 0) is 32.8 Å². The lowest BCUT2D eigenvalue weighted by Crippen LogP contribution is -2.17. The molecule has 0 amide bonds. The summed E-state index contributed by atoms with van der Waals surface area (Å²) in [5, 5.41) is 3.48. The molecule has 1 fully saturated rings. The zero-order valence-electron chi connectivity index (χ0n) is 9.36. The summed E-state index contributed by atoms with van der Waals surface area (Å²) in [5.74, 6) is 0.903. The molecule has 1 N–H and O–H groups in total. The van der Waals surface area contributed by atoms with E-state index in [9.17, 15) is 0 Å². The molecule has 2 rings (SSSR count). The van der Waals surface area contributed by atoms with Crippen molar-refractivity contribution in [3.8, 4) is 5.75 Å². The van der Waals surface area contributed by atoms with Crippen LogP contribution in [0.4, 0.5) is 0 Å². The summed E-state index contributed by atoms with van der Waals surface area (Å²) < 4.78 is 5.70. The first-order valence-electron chi connectivity index (χ1n) is 5.58. The van der Waals surface area contributed by atoms with Gasteiger partial charge in [0.15, 0.2) is 0 Å². The van der Waals surface area contributed by atoms with Crippen LogP contribution < -0.4 is 10.1 Å². The van der Waals surface area contributed by atoms with Crippen LogP contribution in [0.2, 0.25) is 0 Å². The molecule has 0 aromatic carbocycles. The van der Waals surface area contributed by atoms with Gasteiger partial charge in [0.1, 0.15) is 5.75 Å². The van der Waals surface area contributed by atoms with Crippen LogP contribution in [0.5, 0.6) is 5.75 Å². The predicted molar refractivity (Wildman–Crippen MR) is 59.9 cm³/mol. The molecule has 3 heteroatoms. The fourth-order valence-electron chi connectivity index (χ4n) is 1.46. The number of nitrogens with one attached hydrogen (secondary N) is 1. The first-order valence-corrected chi connectivity index (χ1v) is 5.58. The van der Waals surface area contributed by atoms with Crippen LogP contribution in [-0.4, -0.2) is 17.1 Å². The first-order chi connectivity index (χ1) is 7.25. The Morgan fingerprint density at radius 3 is 3.00 bits per heavy atom. The van der Waals surface area contributed by atoms with Crippen molar-refractivity contribution in [3.05, 3.63) is 24.0 Å². The highest BCUT2D eigenvalue weighted by atomic mass is 16.5. The van der Waals surface area contributed by atoms with Crippen molar-refractivity contribution >= 4 is 0 Å². The van der Waals surface area contributed by atoms with Crippen LogP contribution in [-0.2, 0) is 6.54 Å². The third kappa shape index (κ3) is 3.20. The van der Waals surface area contributed by atoms with Gasteiger partial charge in [0.05, 0.1) is 12.3 Å². The minimum Gasteiger partial charge on any atom is -0.489 e. The van der Waals surface area contributed by atoms with E-state index in [-0.39, 0.29) is 6.10 Å². The van der Waals surface area contributed by atoms with E-state index in [1.54, 1.807) is 6.20 Å². The Kier molecular flexibility index (Phi) is 3.21. The lowest BCUT2D eigenvalue weighted by atomic mass is 10.2. The van der Waals surface area contributed by atoms with Gasteiger partial charge in [0.25, 0.3) is 0 Å². The Morgan fingerprint density at radius 2 is 2.33 bits per heavy atom. The van der Waals surface area contributed by atoms with Gasteiger partial charge in [-0.25, -0.2) is 0 Å². The smallest absolute Gasteiger partial charge is 0.142 e. The maximum absolute atomic E-state index is 5.70. The predicted octanol–water partition coefficient (Wildman–Crippen LogP) is 2.12. The minimum atomic E-state index is 0.203. The van der Waals surface area contributed by atoms with Crippen molar-refractivity contribution in [2.75, 3.05) is 0 Å². The number of pyridine rings is 1. The molecule has 15 heavy (non-hydrogen) atoms. The van der Waals surface area contributed by atoms with Gasteiger partial charge >= 0.3 is 0 Å². The van der Waals surface area contributed by atoms with E-state index in [2.05, 4.69) is 10.3 Å². The Bertz CT molecular complexity index is 321. The highest BCUT2D eigenvalue weighted by Gasteiger charge is 2.20. The molecule has 0 radical (unpaired) electrons. The van der Waals surface area contributed by atoms with Crippen molar-refractivity contribution in [2.24, 2.45) is 0 Å². The van der Waals surface area contributed by atoms with Gasteiger partial charge in [-0.1, -0.05) is 0 Å². The van der Waals surface area contributed by atoms with Crippen molar-refractivity contribution in [1.82, 2.24) is 10.3 Å². The Hall–Kier alpha value is -1.09. The molecule has 1 heterocycles. The summed E-state index contributed by atoms with van der Waals surface area (Å²) in [7, 11) is 0. The van der Waals surface area contributed by atoms with E-state index in [0.29, 0.717) is 0 Å². The molecule has 3 nitrogen and oxygen atoms in total.